The summed E-state index contributed by atoms with van der Waals surface area (Å²) in [4.78, 5) is 3.94. The van der Waals surface area contributed by atoms with Crippen molar-refractivity contribution in [2.24, 2.45) is 0 Å². The van der Waals surface area contributed by atoms with Gasteiger partial charge in [0, 0.05) is 22.1 Å². The molecule has 0 saturated heterocycles. The number of anilines is 6. The minimum Gasteiger partial charge on any atom is -0.307 e. The molecule has 0 unspecified atom stereocenters. The standard InChI is InChI=1S/C64H40F4N2/c65-51-27-19-43(20-28-51)49-35-47(41-11-3-1-4-12-41)37-53(39-49)69(61-17-9-7-15-57(61)67)59-33-25-45-24-32-56-60(34-26-46-23-31-55(59)63(45)64(46)56)70(62-18-10-8-16-58(62)68)54-38-48(42-13-5-2-6-14-42)36-50(40-54)44-21-29-52(66)30-22-44/h1-40H. The first-order valence-corrected chi connectivity index (χ1v) is 23.1. The zero-order valence-electron chi connectivity index (χ0n) is 37.5. The van der Waals surface area contributed by atoms with Gasteiger partial charge in [-0.15, -0.1) is 0 Å². The second-order valence-electron chi connectivity index (χ2n) is 17.4. The van der Waals surface area contributed by atoms with Gasteiger partial charge in [0.2, 0.25) is 0 Å². The number of rotatable bonds is 10. The molecule has 0 atom stereocenters. The van der Waals surface area contributed by atoms with Gasteiger partial charge < -0.3 is 9.80 Å². The van der Waals surface area contributed by atoms with Crippen molar-refractivity contribution in [2.75, 3.05) is 9.80 Å². The van der Waals surface area contributed by atoms with Gasteiger partial charge in [-0.05, 0) is 163 Å². The molecular weight excluding hydrogens is 873 g/mol. The van der Waals surface area contributed by atoms with E-state index in [1.54, 1.807) is 48.5 Å². The third-order valence-electron chi connectivity index (χ3n) is 13.2. The number of para-hydroxylation sites is 2. The van der Waals surface area contributed by atoms with Crippen LogP contribution in [-0.4, -0.2) is 0 Å². The lowest BCUT2D eigenvalue weighted by Gasteiger charge is -2.30. The highest BCUT2D eigenvalue weighted by Crippen LogP contribution is 2.50. The molecule has 0 amide bonds. The van der Waals surface area contributed by atoms with Gasteiger partial charge in [-0.1, -0.05) is 146 Å². The molecule has 2 nitrogen and oxygen atoms in total. The van der Waals surface area contributed by atoms with Crippen molar-refractivity contribution in [3.05, 3.63) is 266 Å². The third kappa shape index (κ3) is 7.66. The van der Waals surface area contributed by atoms with Gasteiger partial charge in [0.15, 0.2) is 0 Å². The van der Waals surface area contributed by atoms with E-state index in [1.807, 2.05) is 107 Å². The lowest BCUT2D eigenvalue weighted by atomic mass is 9.91. The van der Waals surface area contributed by atoms with Gasteiger partial charge in [0.05, 0.1) is 22.7 Å². The molecule has 0 heterocycles. The maximum absolute atomic E-state index is 16.6. The summed E-state index contributed by atoms with van der Waals surface area (Å²) >= 11 is 0. The fourth-order valence-corrected chi connectivity index (χ4v) is 9.94. The number of benzene rings is 12. The van der Waals surface area contributed by atoms with Crippen molar-refractivity contribution >= 4 is 66.4 Å². The Bertz CT molecular complexity index is 3620. The Morgan fingerprint density at radius 3 is 0.943 bits per heavy atom. The van der Waals surface area contributed by atoms with Crippen LogP contribution < -0.4 is 9.80 Å². The van der Waals surface area contributed by atoms with Crippen molar-refractivity contribution < 1.29 is 17.6 Å². The molecule has 70 heavy (non-hydrogen) atoms. The molecule has 334 valence electrons. The van der Waals surface area contributed by atoms with Crippen LogP contribution in [0.2, 0.25) is 0 Å². The predicted octanol–water partition coefficient (Wildman–Crippen LogP) is 18.7. The molecular formula is C64H40F4N2. The first-order chi connectivity index (χ1) is 34.3. The van der Waals surface area contributed by atoms with E-state index in [0.717, 1.165) is 88.2 Å². The molecule has 12 rings (SSSR count). The maximum atomic E-state index is 16.6. The number of hydrogen-bond donors (Lipinski definition) is 0. The smallest absolute Gasteiger partial charge is 0.147 e. The largest absolute Gasteiger partial charge is 0.307 e. The van der Waals surface area contributed by atoms with Crippen LogP contribution in [0.1, 0.15) is 0 Å². The monoisotopic (exact) mass is 912 g/mol. The van der Waals surface area contributed by atoms with Crippen molar-refractivity contribution in [1.82, 2.24) is 0 Å². The van der Waals surface area contributed by atoms with E-state index in [2.05, 4.69) is 60.7 Å². The van der Waals surface area contributed by atoms with Crippen molar-refractivity contribution in [1.29, 1.82) is 0 Å². The Hall–Kier alpha value is -9.00. The topological polar surface area (TPSA) is 6.48 Å². The summed E-state index contributed by atoms with van der Waals surface area (Å²) in [5.41, 5.74) is 10.7. The zero-order chi connectivity index (χ0) is 47.3. The summed E-state index contributed by atoms with van der Waals surface area (Å²) in [7, 11) is 0. The summed E-state index contributed by atoms with van der Waals surface area (Å²) in [6.45, 7) is 0. The van der Waals surface area contributed by atoms with Gasteiger partial charge >= 0.3 is 0 Å². The van der Waals surface area contributed by atoms with Crippen molar-refractivity contribution in [2.45, 2.75) is 0 Å². The molecule has 12 aromatic rings. The van der Waals surface area contributed by atoms with E-state index in [4.69, 9.17) is 0 Å². The molecule has 0 fully saturated rings. The average molecular weight is 913 g/mol. The van der Waals surface area contributed by atoms with Crippen LogP contribution in [0.15, 0.2) is 243 Å². The predicted molar refractivity (Wildman–Crippen MR) is 281 cm³/mol. The van der Waals surface area contributed by atoms with E-state index >= 15 is 8.78 Å². The Labute approximate surface area is 402 Å². The maximum Gasteiger partial charge on any atom is 0.147 e. The van der Waals surface area contributed by atoms with Crippen LogP contribution in [0.3, 0.4) is 0 Å². The van der Waals surface area contributed by atoms with E-state index in [9.17, 15) is 8.78 Å². The highest BCUT2D eigenvalue weighted by Gasteiger charge is 2.25. The lowest BCUT2D eigenvalue weighted by molar-refractivity contribution is 0.627. The van der Waals surface area contributed by atoms with Crippen LogP contribution in [0.5, 0.6) is 0 Å². The summed E-state index contributed by atoms with van der Waals surface area (Å²) in [6, 6.07) is 75.4. The van der Waals surface area contributed by atoms with Gasteiger partial charge in [-0.3, -0.25) is 0 Å². The zero-order valence-corrected chi connectivity index (χ0v) is 37.5. The second-order valence-corrected chi connectivity index (χ2v) is 17.4. The van der Waals surface area contributed by atoms with Gasteiger partial charge in [0.25, 0.3) is 0 Å². The second kappa shape index (κ2) is 17.6. The van der Waals surface area contributed by atoms with Gasteiger partial charge in [-0.2, -0.15) is 0 Å². The number of halogens is 4. The minimum absolute atomic E-state index is 0.333. The van der Waals surface area contributed by atoms with Crippen LogP contribution >= 0.6 is 0 Å². The first kappa shape index (κ1) is 42.4. The number of hydrogen-bond acceptors (Lipinski definition) is 2. The molecule has 0 saturated carbocycles. The minimum atomic E-state index is -0.401. The summed E-state index contributed by atoms with van der Waals surface area (Å²) in [5, 5.41) is 5.65. The Morgan fingerprint density at radius 1 is 0.243 bits per heavy atom. The van der Waals surface area contributed by atoms with E-state index in [1.165, 1.54) is 36.4 Å². The molecule has 0 bridgehead atoms. The summed E-state index contributed by atoms with van der Waals surface area (Å²) < 4.78 is 61.7. The van der Waals surface area contributed by atoms with E-state index in [0.29, 0.717) is 22.7 Å². The number of nitrogens with zero attached hydrogens (tertiary/aromatic N) is 2. The van der Waals surface area contributed by atoms with Gasteiger partial charge in [-0.25, -0.2) is 17.6 Å². The highest BCUT2D eigenvalue weighted by atomic mass is 19.1. The molecule has 0 spiro atoms. The highest BCUT2D eigenvalue weighted by molar-refractivity contribution is 6.28. The summed E-state index contributed by atoms with van der Waals surface area (Å²) in [6.07, 6.45) is 0. The molecule has 0 aliphatic carbocycles. The molecule has 0 radical (unpaired) electrons. The molecule has 12 aromatic carbocycles. The van der Waals surface area contributed by atoms with Crippen molar-refractivity contribution in [3.8, 4) is 44.5 Å². The normalized spacial score (nSPS) is 11.4. The first-order valence-electron chi connectivity index (χ1n) is 23.1. The molecule has 0 aliphatic rings. The van der Waals surface area contributed by atoms with E-state index in [-0.39, 0.29) is 11.6 Å². The quantitative estimate of drug-likeness (QED) is 0.0996. The molecule has 0 aliphatic heterocycles. The van der Waals surface area contributed by atoms with Crippen LogP contribution in [0.25, 0.3) is 76.8 Å². The average Bonchev–Trinajstić information content (AvgIpc) is 3.40. The van der Waals surface area contributed by atoms with Crippen molar-refractivity contribution in [3.63, 3.8) is 0 Å². The Kier molecular flexibility index (Phi) is 10.6. The molecule has 0 N–H and O–H groups in total. The van der Waals surface area contributed by atoms with E-state index < -0.39 is 11.6 Å². The fourth-order valence-electron chi connectivity index (χ4n) is 9.94. The van der Waals surface area contributed by atoms with Gasteiger partial charge in [0.1, 0.15) is 23.3 Å². The van der Waals surface area contributed by atoms with Crippen LogP contribution in [0, 0.1) is 23.3 Å². The Morgan fingerprint density at radius 2 is 0.571 bits per heavy atom. The molecule has 0 aromatic heterocycles. The summed E-state index contributed by atoms with van der Waals surface area (Å²) in [5.74, 6) is -1.47. The van der Waals surface area contributed by atoms with Crippen LogP contribution in [-0.2, 0) is 0 Å². The molecule has 6 heteroatoms. The fraction of sp³-hybridized carbons (Fsp3) is 0. The van der Waals surface area contributed by atoms with Crippen LogP contribution in [0.4, 0.5) is 51.7 Å². The third-order valence-corrected chi connectivity index (χ3v) is 13.2. The lowest BCUT2D eigenvalue weighted by Crippen LogP contribution is -2.13. The SMILES string of the molecule is Fc1ccc(-c2cc(-c3ccccc3)cc(N(c3ccccc3F)c3ccc4ccc5c(N(c6cc(-c7ccccc7)cc(-c7ccc(F)cc7)c6)c6ccccc6F)ccc6ccc3c4c65)c2)cc1. The Balaban J connectivity index is 1.11.